The summed E-state index contributed by atoms with van der Waals surface area (Å²) in [5.74, 6) is -0.532. The SMILES string of the molecule is CC1(C(=O)N2CCN(CC(=O)Nc3ccc(F)cc3)CC2)CC1(Cl)Cl. The molecule has 1 heterocycles. The van der Waals surface area contributed by atoms with Gasteiger partial charge in [0.15, 0.2) is 0 Å². The molecule has 1 saturated heterocycles. The van der Waals surface area contributed by atoms with Gasteiger partial charge in [-0.15, -0.1) is 23.2 Å². The molecule has 1 saturated carbocycles. The number of amides is 2. The van der Waals surface area contributed by atoms with Gasteiger partial charge in [0.25, 0.3) is 0 Å². The number of hydrogen-bond donors (Lipinski definition) is 1. The van der Waals surface area contributed by atoms with Crippen molar-refractivity contribution in [1.82, 2.24) is 9.80 Å². The van der Waals surface area contributed by atoms with E-state index in [1.54, 1.807) is 11.8 Å². The molecule has 0 radical (unpaired) electrons. The third-order valence-electron chi connectivity index (χ3n) is 4.88. The number of benzene rings is 1. The molecule has 0 spiro atoms. The van der Waals surface area contributed by atoms with Crippen molar-refractivity contribution in [2.45, 2.75) is 17.7 Å². The minimum atomic E-state index is -0.962. The fourth-order valence-electron chi connectivity index (χ4n) is 3.03. The summed E-state index contributed by atoms with van der Waals surface area (Å²) in [6.45, 7) is 4.32. The smallest absolute Gasteiger partial charge is 0.238 e. The van der Waals surface area contributed by atoms with Crippen LogP contribution in [0.25, 0.3) is 0 Å². The Labute approximate surface area is 156 Å². The number of nitrogens with one attached hydrogen (secondary N) is 1. The van der Waals surface area contributed by atoms with Crippen LogP contribution in [-0.4, -0.2) is 58.7 Å². The van der Waals surface area contributed by atoms with E-state index in [4.69, 9.17) is 23.2 Å². The first-order chi connectivity index (χ1) is 11.7. The molecule has 1 aromatic rings. The molecule has 1 N–H and O–H groups in total. The van der Waals surface area contributed by atoms with Gasteiger partial charge < -0.3 is 10.2 Å². The van der Waals surface area contributed by atoms with Crippen LogP contribution in [0.4, 0.5) is 10.1 Å². The first-order valence-corrected chi connectivity index (χ1v) is 8.92. The molecule has 1 aromatic carbocycles. The van der Waals surface area contributed by atoms with Crippen molar-refractivity contribution in [3.05, 3.63) is 30.1 Å². The fourth-order valence-corrected chi connectivity index (χ4v) is 3.72. The summed E-state index contributed by atoms with van der Waals surface area (Å²) >= 11 is 12.2. The summed E-state index contributed by atoms with van der Waals surface area (Å²) in [5.41, 5.74) is -0.138. The molecule has 2 amide bonds. The van der Waals surface area contributed by atoms with E-state index in [2.05, 4.69) is 5.32 Å². The van der Waals surface area contributed by atoms with Gasteiger partial charge in [0.05, 0.1) is 12.0 Å². The summed E-state index contributed by atoms with van der Waals surface area (Å²) in [5, 5.41) is 2.73. The Hall–Kier alpha value is -1.37. The highest BCUT2D eigenvalue weighted by Crippen LogP contribution is 2.64. The Kier molecular flexibility index (Phi) is 4.97. The molecule has 5 nitrogen and oxygen atoms in total. The maximum atomic E-state index is 12.9. The van der Waals surface area contributed by atoms with Crippen molar-refractivity contribution in [1.29, 1.82) is 0 Å². The Morgan fingerprint density at radius 1 is 1.16 bits per heavy atom. The van der Waals surface area contributed by atoms with Gasteiger partial charge in [-0.05, 0) is 37.6 Å². The van der Waals surface area contributed by atoms with Crippen LogP contribution in [0.1, 0.15) is 13.3 Å². The maximum absolute atomic E-state index is 12.9. The number of carbonyl (C=O) groups excluding carboxylic acids is 2. The number of hydrogen-bond acceptors (Lipinski definition) is 3. The van der Waals surface area contributed by atoms with Gasteiger partial charge in [-0.2, -0.15) is 0 Å². The lowest BCUT2D eigenvalue weighted by molar-refractivity contribution is -0.138. The van der Waals surface area contributed by atoms with E-state index in [1.807, 2.05) is 4.90 Å². The van der Waals surface area contributed by atoms with Gasteiger partial charge in [-0.3, -0.25) is 14.5 Å². The van der Waals surface area contributed by atoms with Crippen molar-refractivity contribution >= 4 is 40.7 Å². The van der Waals surface area contributed by atoms with E-state index in [0.29, 0.717) is 38.3 Å². The van der Waals surface area contributed by atoms with Gasteiger partial charge in [-0.25, -0.2) is 4.39 Å². The number of piperazine rings is 1. The molecular formula is C17H20Cl2FN3O2. The second-order valence-electron chi connectivity index (χ2n) is 6.84. The van der Waals surface area contributed by atoms with Crippen LogP contribution in [0.2, 0.25) is 0 Å². The average Bonchev–Trinajstić information content (AvgIpc) is 3.09. The highest BCUT2D eigenvalue weighted by molar-refractivity contribution is 6.53. The molecule has 1 aliphatic heterocycles. The Bertz CT molecular complexity index is 675. The zero-order chi connectivity index (χ0) is 18.2. The first kappa shape index (κ1) is 18.4. The third-order valence-corrected chi connectivity index (χ3v) is 5.99. The van der Waals surface area contributed by atoms with Crippen LogP contribution in [0.3, 0.4) is 0 Å². The molecule has 2 fully saturated rings. The van der Waals surface area contributed by atoms with Crippen molar-refractivity contribution in [2.24, 2.45) is 5.41 Å². The molecular weight excluding hydrogens is 368 g/mol. The first-order valence-electron chi connectivity index (χ1n) is 8.16. The fraction of sp³-hybridized carbons (Fsp3) is 0.529. The minimum Gasteiger partial charge on any atom is -0.340 e. The van der Waals surface area contributed by atoms with E-state index in [0.717, 1.165) is 0 Å². The van der Waals surface area contributed by atoms with Crippen molar-refractivity contribution in [3.63, 3.8) is 0 Å². The largest absolute Gasteiger partial charge is 0.340 e. The molecule has 25 heavy (non-hydrogen) atoms. The van der Waals surface area contributed by atoms with E-state index in [9.17, 15) is 14.0 Å². The average molecular weight is 388 g/mol. The second kappa shape index (κ2) is 6.74. The van der Waals surface area contributed by atoms with Gasteiger partial charge >= 0.3 is 0 Å². The Morgan fingerprint density at radius 2 is 1.72 bits per heavy atom. The van der Waals surface area contributed by atoms with Gasteiger partial charge in [0, 0.05) is 31.9 Å². The van der Waals surface area contributed by atoms with Crippen molar-refractivity contribution < 1.29 is 14.0 Å². The van der Waals surface area contributed by atoms with Crippen LogP contribution >= 0.6 is 23.2 Å². The number of alkyl halides is 2. The minimum absolute atomic E-state index is 0.0205. The number of nitrogens with zero attached hydrogens (tertiary/aromatic N) is 2. The Morgan fingerprint density at radius 3 is 2.24 bits per heavy atom. The van der Waals surface area contributed by atoms with Crippen LogP contribution in [0, 0.1) is 11.2 Å². The summed E-state index contributed by atoms with van der Waals surface area (Å²) in [7, 11) is 0. The van der Waals surface area contributed by atoms with E-state index >= 15 is 0 Å². The predicted molar refractivity (Wildman–Crippen MR) is 95.2 cm³/mol. The summed E-state index contributed by atoms with van der Waals surface area (Å²) < 4.78 is 11.9. The topological polar surface area (TPSA) is 52.7 Å². The molecule has 1 atom stereocenters. The van der Waals surface area contributed by atoms with Crippen molar-refractivity contribution in [3.8, 4) is 0 Å². The lowest BCUT2D eigenvalue weighted by Gasteiger charge is -2.36. The van der Waals surface area contributed by atoms with Crippen molar-refractivity contribution in [2.75, 3.05) is 38.0 Å². The van der Waals surface area contributed by atoms with Gasteiger partial charge in [0.1, 0.15) is 10.2 Å². The van der Waals surface area contributed by atoms with Crippen LogP contribution in [0.15, 0.2) is 24.3 Å². The molecule has 0 aromatic heterocycles. The summed E-state index contributed by atoms with van der Waals surface area (Å²) in [4.78, 5) is 28.3. The molecule has 1 unspecified atom stereocenters. The lowest BCUT2D eigenvalue weighted by Crippen LogP contribution is -2.52. The van der Waals surface area contributed by atoms with Gasteiger partial charge in [-0.1, -0.05) is 0 Å². The quantitative estimate of drug-likeness (QED) is 0.807. The van der Waals surface area contributed by atoms with E-state index in [1.165, 1.54) is 24.3 Å². The molecule has 0 bridgehead atoms. The molecule has 8 heteroatoms. The van der Waals surface area contributed by atoms with Crippen LogP contribution in [-0.2, 0) is 9.59 Å². The zero-order valence-electron chi connectivity index (χ0n) is 13.9. The zero-order valence-corrected chi connectivity index (χ0v) is 15.4. The number of halogens is 3. The third kappa shape index (κ3) is 3.91. The number of carbonyl (C=O) groups is 2. The summed E-state index contributed by atoms with van der Waals surface area (Å²) in [6, 6.07) is 5.63. The van der Waals surface area contributed by atoms with Crippen LogP contribution < -0.4 is 5.32 Å². The predicted octanol–water partition coefficient (Wildman–Crippen LogP) is 2.49. The highest BCUT2D eigenvalue weighted by atomic mass is 35.5. The summed E-state index contributed by atoms with van der Waals surface area (Å²) in [6.07, 6.45) is 0.474. The van der Waals surface area contributed by atoms with E-state index in [-0.39, 0.29) is 24.2 Å². The van der Waals surface area contributed by atoms with E-state index < -0.39 is 9.75 Å². The molecule has 2 aliphatic rings. The molecule has 1 aliphatic carbocycles. The molecule has 136 valence electrons. The Balaban J connectivity index is 1.45. The maximum Gasteiger partial charge on any atom is 0.238 e. The normalized spacial score (nSPS) is 25.5. The number of rotatable bonds is 4. The number of anilines is 1. The van der Waals surface area contributed by atoms with Gasteiger partial charge in [0.2, 0.25) is 11.8 Å². The monoisotopic (exact) mass is 387 g/mol. The standard InChI is InChI=1S/C17H20Cl2FN3O2/c1-16(11-17(16,18)19)15(25)23-8-6-22(7-9-23)10-14(24)21-13-4-2-12(20)3-5-13/h2-5H,6-11H2,1H3,(H,21,24). The second-order valence-corrected chi connectivity index (χ2v) is 8.32. The molecule has 3 rings (SSSR count). The van der Waals surface area contributed by atoms with Crippen LogP contribution in [0.5, 0.6) is 0 Å². The lowest BCUT2D eigenvalue weighted by atomic mass is 10.1. The highest BCUT2D eigenvalue weighted by Gasteiger charge is 2.68.